The highest BCUT2D eigenvalue weighted by molar-refractivity contribution is 5.54. The Labute approximate surface area is 106 Å². The maximum atomic E-state index is 9.91. The zero-order chi connectivity index (χ0) is 13.1. The van der Waals surface area contributed by atoms with Gasteiger partial charge in [-0.05, 0) is 12.1 Å². The first kappa shape index (κ1) is 12.7. The predicted molar refractivity (Wildman–Crippen MR) is 68.8 cm³/mol. The van der Waals surface area contributed by atoms with Crippen molar-refractivity contribution in [2.24, 2.45) is 0 Å². The Morgan fingerprint density at radius 1 is 1.17 bits per heavy atom. The van der Waals surface area contributed by atoms with E-state index in [4.69, 9.17) is 0 Å². The highest BCUT2D eigenvalue weighted by atomic mass is 16.3. The van der Waals surface area contributed by atoms with Crippen LogP contribution < -0.4 is 5.32 Å². The fourth-order valence-electron chi connectivity index (χ4n) is 2.26. The predicted octanol–water partition coefficient (Wildman–Crippen LogP) is 0.936. The Kier molecular flexibility index (Phi) is 3.74. The second kappa shape index (κ2) is 5.29. The molecular formula is C13H18N2O3. The molecule has 4 N–H and O–H groups in total. The first-order valence-electron chi connectivity index (χ1n) is 5.96. The lowest BCUT2D eigenvalue weighted by Gasteiger charge is -2.33. The second-order valence-corrected chi connectivity index (χ2v) is 4.34. The van der Waals surface area contributed by atoms with Crippen LogP contribution in [-0.4, -0.2) is 46.4 Å². The van der Waals surface area contributed by atoms with Gasteiger partial charge in [-0.1, -0.05) is 6.08 Å². The van der Waals surface area contributed by atoms with Crippen molar-refractivity contribution in [3.63, 3.8) is 0 Å². The summed E-state index contributed by atoms with van der Waals surface area (Å²) < 4.78 is 0. The van der Waals surface area contributed by atoms with Crippen LogP contribution in [0.1, 0.15) is 11.6 Å². The number of hydrogen-bond donors (Lipinski definition) is 4. The molecule has 0 amide bonds. The fourth-order valence-corrected chi connectivity index (χ4v) is 2.26. The summed E-state index contributed by atoms with van der Waals surface area (Å²) in [6.07, 6.45) is 1.73. The monoisotopic (exact) mass is 250 g/mol. The Morgan fingerprint density at radius 2 is 1.83 bits per heavy atom. The molecule has 1 heterocycles. The number of nitrogens with zero attached hydrogens (tertiary/aromatic N) is 1. The van der Waals surface area contributed by atoms with Crippen molar-refractivity contribution in [1.29, 1.82) is 0 Å². The fraction of sp³-hybridized carbons (Fsp3) is 0.385. The van der Waals surface area contributed by atoms with Gasteiger partial charge in [-0.25, -0.2) is 0 Å². The number of rotatable bonds is 3. The number of phenolic OH excluding ortho intramolecular Hbond substituents is 3. The van der Waals surface area contributed by atoms with Crippen molar-refractivity contribution in [3.8, 4) is 17.2 Å². The summed E-state index contributed by atoms with van der Waals surface area (Å²) in [5.41, 5.74) is 0.558. The molecule has 0 spiro atoms. The van der Waals surface area contributed by atoms with Crippen LogP contribution in [0, 0.1) is 0 Å². The van der Waals surface area contributed by atoms with Gasteiger partial charge in [-0.2, -0.15) is 0 Å². The van der Waals surface area contributed by atoms with Gasteiger partial charge in [-0.15, -0.1) is 6.58 Å². The number of benzene rings is 1. The second-order valence-electron chi connectivity index (χ2n) is 4.34. The van der Waals surface area contributed by atoms with E-state index < -0.39 is 5.75 Å². The van der Waals surface area contributed by atoms with Gasteiger partial charge in [0.2, 0.25) is 5.75 Å². The van der Waals surface area contributed by atoms with Crippen LogP contribution in [0.25, 0.3) is 0 Å². The van der Waals surface area contributed by atoms with Gasteiger partial charge in [0, 0.05) is 31.7 Å². The first-order chi connectivity index (χ1) is 8.65. The summed E-state index contributed by atoms with van der Waals surface area (Å²) >= 11 is 0. The van der Waals surface area contributed by atoms with Gasteiger partial charge >= 0.3 is 0 Å². The third kappa shape index (κ3) is 2.27. The molecule has 0 aliphatic carbocycles. The molecule has 1 fully saturated rings. The summed E-state index contributed by atoms with van der Waals surface area (Å²) in [6.45, 7) is 7.25. The zero-order valence-electron chi connectivity index (χ0n) is 10.1. The van der Waals surface area contributed by atoms with E-state index in [-0.39, 0.29) is 17.5 Å². The van der Waals surface area contributed by atoms with E-state index in [1.165, 1.54) is 6.07 Å². The van der Waals surface area contributed by atoms with E-state index in [9.17, 15) is 15.3 Å². The SMILES string of the molecule is C=C[C@@H](c1ccc(O)c(O)c1O)N1CCNCC1. The zero-order valence-corrected chi connectivity index (χ0v) is 10.1. The smallest absolute Gasteiger partial charge is 0.200 e. The van der Waals surface area contributed by atoms with Gasteiger partial charge < -0.3 is 20.6 Å². The summed E-state index contributed by atoms with van der Waals surface area (Å²) in [5.74, 6) is -1.08. The van der Waals surface area contributed by atoms with Gasteiger partial charge in [0.1, 0.15) is 0 Å². The largest absolute Gasteiger partial charge is 0.504 e. The molecule has 0 saturated carbocycles. The van der Waals surface area contributed by atoms with Crippen molar-refractivity contribution in [1.82, 2.24) is 10.2 Å². The maximum Gasteiger partial charge on any atom is 0.200 e. The lowest BCUT2D eigenvalue weighted by atomic mass is 10.0. The van der Waals surface area contributed by atoms with Gasteiger partial charge in [-0.3, -0.25) is 4.90 Å². The molecule has 1 atom stereocenters. The molecule has 0 aromatic heterocycles. The number of hydrogen-bond acceptors (Lipinski definition) is 5. The molecule has 1 aromatic rings. The van der Waals surface area contributed by atoms with E-state index in [1.807, 2.05) is 0 Å². The average molecular weight is 250 g/mol. The lowest BCUT2D eigenvalue weighted by molar-refractivity contribution is 0.200. The van der Waals surface area contributed by atoms with E-state index in [0.717, 1.165) is 26.2 Å². The number of aromatic hydroxyl groups is 3. The van der Waals surface area contributed by atoms with Crippen LogP contribution in [0.3, 0.4) is 0 Å². The summed E-state index contributed by atoms with van der Waals surface area (Å²) in [6, 6.07) is 2.82. The maximum absolute atomic E-state index is 9.91. The molecule has 0 bridgehead atoms. The van der Waals surface area contributed by atoms with Crippen LogP contribution in [0.4, 0.5) is 0 Å². The number of piperazine rings is 1. The summed E-state index contributed by atoms with van der Waals surface area (Å²) in [4.78, 5) is 2.16. The summed E-state index contributed by atoms with van der Waals surface area (Å²) in [5, 5.41) is 32.1. The van der Waals surface area contributed by atoms with Crippen LogP contribution >= 0.6 is 0 Å². The topological polar surface area (TPSA) is 76.0 Å². The van der Waals surface area contributed by atoms with Crippen molar-refractivity contribution in [3.05, 3.63) is 30.4 Å². The van der Waals surface area contributed by atoms with E-state index in [0.29, 0.717) is 5.56 Å². The molecule has 1 aliphatic rings. The molecule has 0 unspecified atom stereocenters. The van der Waals surface area contributed by atoms with Crippen molar-refractivity contribution in [2.75, 3.05) is 26.2 Å². The molecule has 5 nitrogen and oxygen atoms in total. The minimum atomic E-state index is -0.477. The normalized spacial score (nSPS) is 18.4. The standard InChI is InChI=1S/C13H18N2O3/c1-2-10(15-7-5-14-6-8-15)9-3-4-11(16)13(18)12(9)17/h2-4,10,14,16-18H,1,5-8H2/t10-/m0/s1. The van der Waals surface area contributed by atoms with E-state index in [2.05, 4.69) is 16.8 Å². The minimum absolute atomic E-state index is 0.168. The third-order valence-electron chi connectivity index (χ3n) is 3.25. The number of phenols is 3. The van der Waals surface area contributed by atoms with Crippen LogP contribution in [0.2, 0.25) is 0 Å². The highest BCUT2D eigenvalue weighted by Crippen LogP contribution is 2.41. The highest BCUT2D eigenvalue weighted by Gasteiger charge is 2.24. The van der Waals surface area contributed by atoms with Gasteiger partial charge in [0.05, 0.1) is 6.04 Å². The number of nitrogens with one attached hydrogen (secondary N) is 1. The molecule has 1 saturated heterocycles. The Bertz CT molecular complexity index is 442. The minimum Gasteiger partial charge on any atom is -0.504 e. The van der Waals surface area contributed by atoms with E-state index in [1.54, 1.807) is 12.1 Å². The van der Waals surface area contributed by atoms with Gasteiger partial charge in [0.15, 0.2) is 11.5 Å². The Hall–Kier alpha value is -1.72. The molecule has 2 rings (SSSR count). The molecule has 18 heavy (non-hydrogen) atoms. The summed E-state index contributed by atoms with van der Waals surface area (Å²) in [7, 11) is 0. The van der Waals surface area contributed by atoms with Gasteiger partial charge in [0.25, 0.3) is 0 Å². The van der Waals surface area contributed by atoms with Crippen LogP contribution in [0.5, 0.6) is 17.2 Å². The average Bonchev–Trinajstić information content (AvgIpc) is 2.41. The third-order valence-corrected chi connectivity index (χ3v) is 3.25. The molecule has 98 valence electrons. The van der Waals surface area contributed by atoms with E-state index >= 15 is 0 Å². The molecular weight excluding hydrogens is 232 g/mol. The van der Waals surface area contributed by atoms with Crippen molar-refractivity contribution in [2.45, 2.75) is 6.04 Å². The molecule has 1 aliphatic heterocycles. The Morgan fingerprint density at radius 3 is 2.44 bits per heavy atom. The van der Waals surface area contributed by atoms with Crippen molar-refractivity contribution < 1.29 is 15.3 Å². The van der Waals surface area contributed by atoms with Crippen LogP contribution in [-0.2, 0) is 0 Å². The lowest BCUT2D eigenvalue weighted by Crippen LogP contribution is -2.44. The van der Waals surface area contributed by atoms with Crippen LogP contribution in [0.15, 0.2) is 24.8 Å². The Balaban J connectivity index is 2.32. The molecule has 1 aromatic carbocycles. The molecule has 5 heteroatoms. The quantitative estimate of drug-likeness (QED) is 0.474. The van der Waals surface area contributed by atoms with Crippen molar-refractivity contribution >= 4 is 0 Å². The first-order valence-corrected chi connectivity index (χ1v) is 5.96. The molecule has 0 radical (unpaired) electrons.